The van der Waals surface area contributed by atoms with Gasteiger partial charge in [0.25, 0.3) is 0 Å². The first kappa shape index (κ1) is 31.7. The number of thioether (sulfide) groups is 1. The van der Waals surface area contributed by atoms with Crippen LogP contribution in [0.15, 0.2) is 23.3 Å². The molecule has 14 heteroatoms. The van der Waals surface area contributed by atoms with Gasteiger partial charge in [0.05, 0.1) is 25.9 Å². The van der Waals surface area contributed by atoms with Crippen molar-refractivity contribution < 1.29 is 42.5 Å². The molecule has 0 saturated carbocycles. The average molecular weight is 571 g/mol. The lowest BCUT2D eigenvalue weighted by atomic mass is 10.2. The van der Waals surface area contributed by atoms with E-state index in [9.17, 15) is 19.2 Å². The van der Waals surface area contributed by atoms with E-state index in [1.165, 1.54) is 31.1 Å². The van der Waals surface area contributed by atoms with Gasteiger partial charge in [0.1, 0.15) is 33.4 Å². The van der Waals surface area contributed by atoms with Crippen LogP contribution in [0.1, 0.15) is 54.0 Å². The zero-order valence-electron chi connectivity index (χ0n) is 23.2. The lowest BCUT2D eigenvalue weighted by molar-refractivity contribution is -0.139. The third kappa shape index (κ3) is 10.3. The Morgan fingerprint density at radius 3 is 2.33 bits per heavy atom. The largest absolute Gasteiger partial charge is 0.468 e. The monoisotopic (exact) mass is 570 g/mol. The Morgan fingerprint density at radius 2 is 1.77 bits per heavy atom. The van der Waals surface area contributed by atoms with Gasteiger partial charge < -0.3 is 24.3 Å². The Kier molecular flexibility index (Phi) is 10.6. The first-order valence-corrected chi connectivity index (χ1v) is 12.9. The van der Waals surface area contributed by atoms with Gasteiger partial charge in [-0.1, -0.05) is 11.8 Å². The molecule has 2 rings (SSSR count). The number of anilines is 1. The summed E-state index contributed by atoms with van der Waals surface area (Å²) in [4.78, 5) is 49.6. The number of rotatable bonds is 7. The van der Waals surface area contributed by atoms with E-state index in [1.807, 2.05) is 0 Å². The number of hydrogen-bond donors (Lipinski definition) is 2. The van der Waals surface area contributed by atoms with Crippen LogP contribution in [0.25, 0.3) is 0 Å². The number of nitrogens with zero attached hydrogens (tertiary/aromatic N) is 2. The van der Waals surface area contributed by atoms with Crippen LogP contribution < -0.4 is 15.6 Å². The third-order valence-electron chi connectivity index (χ3n) is 4.71. The number of methoxy groups -OCH3 is 1. The van der Waals surface area contributed by atoms with E-state index in [0.717, 1.165) is 17.8 Å². The predicted octanol–water partition coefficient (Wildman–Crippen LogP) is 4.16. The highest BCUT2D eigenvalue weighted by Gasteiger charge is 2.33. The van der Waals surface area contributed by atoms with E-state index in [2.05, 4.69) is 15.8 Å². The summed E-state index contributed by atoms with van der Waals surface area (Å²) in [6, 6.07) is 3.93. The maximum absolute atomic E-state index is 15.3. The summed E-state index contributed by atoms with van der Waals surface area (Å²) in [5.74, 6) is -1.35. The fourth-order valence-electron chi connectivity index (χ4n) is 3.12. The van der Waals surface area contributed by atoms with E-state index < -0.39 is 52.6 Å². The van der Waals surface area contributed by atoms with E-state index in [1.54, 1.807) is 41.5 Å². The number of halogens is 1. The van der Waals surface area contributed by atoms with Crippen molar-refractivity contribution in [1.82, 2.24) is 10.7 Å². The Bertz CT molecular complexity index is 1120. The number of ether oxygens (including phenoxy) is 4. The van der Waals surface area contributed by atoms with Gasteiger partial charge in [-0.05, 0) is 66.7 Å². The number of hydrazone groups is 1. The van der Waals surface area contributed by atoms with E-state index >= 15 is 4.39 Å². The SMILES string of the molecule is COC(=O)[C@H](C)SC(=NNC(=O)OC(C)(C)C)c1ccc(N2C[C@H](CNC(=O)OC(C)(C)C)OC2=O)cc1F. The molecular weight excluding hydrogens is 535 g/mol. The summed E-state index contributed by atoms with van der Waals surface area (Å²) < 4.78 is 35.6. The molecule has 2 atom stereocenters. The second-order valence-electron chi connectivity index (χ2n) is 10.5. The van der Waals surface area contributed by atoms with Crippen LogP contribution in [0.3, 0.4) is 0 Å². The van der Waals surface area contributed by atoms with Crippen LogP contribution in [-0.4, -0.2) is 72.0 Å². The highest BCUT2D eigenvalue weighted by atomic mass is 32.2. The zero-order valence-corrected chi connectivity index (χ0v) is 24.1. The Hall–Kier alpha value is -3.55. The minimum atomic E-state index is -0.866. The lowest BCUT2D eigenvalue weighted by Crippen LogP contribution is -2.38. The van der Waals surface area contributed by atoms with E-state index in [0.29, 0.717) is 0 Å². The molecule has 12 nitrogen and oxygen atoms in total. The second-order valence-corrected chi connectivity index (χ2v) is 11.8. The first-order chi connectivity index (χ1) is 18.0. The maximum Gasteiger partial charge on any atom is 0.428 e. The normalized spacial score (nSPS) is 16.7. The number of benzene rings is 1. The van der Waals surface area contributed by atoms with Gasteiger partial charge in [0, 0.05) is 5.56 Å². The number of hydrogen-bond acceptors (Lipinski definition) is 10. The highest BCUT2D eigenvalue weighted by Crippen LogP contribution is 2.28. The Morgan fingerprint density at radius 1 is 1.15 bits per heavy atom. The maximum atomic E-state index is 15.3. The molecule has 0 spiro atoms. The van der Waals surface area contributed by atoms with Gasteiger partial charge in [-0.25, -0.2) is 24.2 Å². The second kappa shape index (κ2) is 13.0. The molecule has 0 radical (unpaired) electrons. The molecule has 0 bridgehead atoms. The number of carbonyl (C=O) groups excluding carboxylic acids is 4. The lowest BCUT2D eigenvalue weighted by Gasteiger charge is -2.20. The summed E-state index contributed by atoms with van der Waals surface area (Å²) in [5.41, 5.74) is 0.900. The van der Waals surface area contributed by atoms with Crippen molar-refractivity contribution in [2.75, 3.05) is 25.1 Å². The molecule has 1 fully saturated rings. The van der Waals surface area contributed by atoms with Crippen LogP contribution >= 0.6 is 11.8 Å². The fraction of sp³-hybridized carbons (Fsp3) is 0.560. The Balaban J connectivity index is 2.20. The summed E-state index contributed by atoms with van der Waals surface area (Å²) in [7, 11) is 1.22. The highest BCUT2D eigenvalue weighted by molar-refractivity contribution is 8.15. The average Bonchev–Trinajstić information content (AvgIpc) is 3.18. The molecule has 0 aromatic heterocycles. The van der Waals surface area contributed by atoms with Crippen molar-refractivity contribution >= 4 is 46.7 Å². The van der Waals surface area contributed by atoms with Crippen LogP contribution in [0.4, 0.5) is 24.5 Å². The van der Waals surface area contributed by atoms with E-state index in [-0.39, 0.29) is 29.4 Å². The van der Waals surface area contributed by atoms with Gasteiger partial charge >= 0.3 is 24.2 Å². The van der Waals surface area contributed by atoms with Gasteiger partial charge in [-0.2, -0.15) is 5.10 Å². The molecule has 1 aliphatic rings. The molecule has 0 aliphatic carbocycles. The summed E-state index contributed by atoms with van der Waals surface area (Å²) in [6.45, 7) is 11.8. The number of esters is 1. The van der Waals surface area contributed by atoms with Gasteiger partial charge in [-0.3, -0.25) is 9.69 Å². The van der Waals surface area contributed by atoms with Crippen molar-refractivity contribution in [3.05, 3.63) is 29.6 Å². The molecule has 1 aliphatic heterocycles. The van der Waals surface area contributed by atoms with Crippen LogP contribution in [0.2, 0.25) is 0 Å². The quantitative estimate of drug-likeness (QED) is 0.162. The number of carbonyl (C=O) groups is 4. The Labute approximate surface area is 230 Å². The number of cyclic esters (lactones) is 1. The predicted molar refractivity (Wildman–Crippen MR) is 143 cm³/mol. The van der Waals surface area contributed by atoms with Gasteiger partial charge in [0.2, 0.25) is 0 Å². The van der Waals surface area contributed by atoms with Crippen LogP contribution in [0, 0.1) is 5.82 Å². The molecule has 39 heavy (non-hydrogen) atoms. The molecular formula is C25H35FN4O8S. The number of alkyl carbamates (subject to hydrolysis) is 1. The van der Waals surface area contributed by atoms with E-state index in [4.69, 9.17) is 18.9 Å². The molecule has 1 heterocycles. The van der Waals surface area contributed by atoms with Gasteiger partial charge in [-0.15, -0.1) is 0 Å². The summed E-state index contributed by atoms with van der Waals surface area (Å²) in [6.07, 6.45) is -2.92. The van der Waals surface area contributed by atoms with Crippen LogP contribution in [-0.2, 0) is 23.7 Å². The molecule has 216 valence electrons. The van der Waals surface area contributed by atoms with Crippen molar-refractivity contribution in [2.24, 2.45) is 5.10 Å². The molecule has 3 amide bonds. The van der Waals surface area contributed by atoms with Crippen LogP contribution in [0.5, 0.6) is 0 Å². The number of nitrogens with one attached hydrogen (secondary N) is 2. The van der Waals surface area contributed by atoms with Crippen molar-refractivity contribution in [3.8, 4) is 0 Å². The standard InChI is InChI=1S/C25H35FN4O8S/c1-14(20(31)35-8)39-19(28-29-22(33)38-25(5,6)7)17-10-9-15(11-18(17)26)30-13-16(36-23(30)34)12-27-21(32)37-24(2,3)4/h9-11,14,16H,12-13H2,1-8H3,(H,27,32)(H,29,33)/t14-,16-/m0/s1. The minimum Gasteiger partial charge on any atom is -0.468 e. The first-order valence-electron chi connectivity index (χ1n) is 12.0. The molecule has 2 N–H and O–H groups in total. The third-order valence-corrected chi connectivity index (χ3v) is 5.79. The molecule has 0 unspecified atom stereocenters. The van der Waals surface area contributed by atoms with Gasteiger partial charge in [0.15, 0.2) is 0 Å². The number of amides is 3. The summed E-state index contributed by atoms with van der Waals surface area (Å²) >= 11 is 0.865. The molecule has 1 saturated heterocycles. The minimum absolute atomic E-state index is 0.00686. The van der Waals surface area contributed by atoms with Crippen molar-refractivity contribution in [2.45, 2.75) is 71.0 Å². The topological polar surface area (TPSA) is 145 Å². The van der Waals surface area contributed by atoms with Crippen molar-refractivity contribution in [3.63, 3.8) is 0 Å². The fourth-order valence-corrected chi connectivity index (χ4v) is 4.04. The zero-order chi connectivity index (χ0) is 29.5. The molecule has 1 aromatic carbocycles. The molecule has 1 aromatic rings. The van der Waals surface area contributed by atoms with Crippen molar-refractivity contribution in [1.29, 1.82) is 0 Å². The summed E-state index contributed by atoms with van der Waals surface area (Å²) in [5, 5.41) is 5.70. The smallest absolute Gasteiger partial charge is 0.428 e.